The molecule has 5 nitrogen and oxygen atoms in total. The van der Waals surface area contributed by atoms with Gasteiger partial charge in [0.05, 0.1) is 12.8 Å². The maximum atomic E-state index is 13.3. The Morgan fingerprint density at radius 3 is 2.33 bits per heavy atom. The van der Waals surface area contributed by atoms with Crippen molar-refractivity contribution < 1.29 is 9.53 Å². The number of hydrogen-bond donors (Lipinski definition) is 0. The van der Waals surface area contributed by atoms with E-state index in [1.165, 1.54) is 11.3 Å². The van der Waals surface area contributed by atoms with Crippen molar-refractivity contribution in [2.24, 2.45) is 0 Å². The number of benzene rings is 2. The van der Waals surface area contributed by atoms with E-state index >= 15 is 0 Å². The van der Waals surface area contributed by atoms with Crippen LogP contribution in [-0.2, 0) is 0 Å². The molecule has 0 radical (unpaired) electrons. The van der Waals surface area contributed by atoms with Crippen LogP contribution in [-0.4, -0.2) is 49.1 Å². The molecular weight excluding hydrogens is 394 g/mol. The summed E-state index contributed by atoms with van der Waals surface area (Å²) < 4.78 is 5.22. The van der Waals surface area contributed by atoms with Gasteiger partial charge in [-0.05, 0) is 50.3 Å². The van der Waals surface area contributed by atoms with Crippen LogP contribution in [0.25, 0.3) is 11.3 Å². The molecule has 0 unspecified atom stereocenters. The zero-order valence-corrected chi connectivity index (χ0v) is 18.7. The number of rotatable bonds is 10. The highest BCUT2D eigenvalue weighted by Crippen LogP contribution is 2.29. The highest BCUT2D eigenvalue weighted by molar-refractivity contribution is 7.14. The first-order chi connectivity index (χ1) is 14.7. The van der Waals surface area contributed by atoms with Crippen LogP contribution in [0.15, 0.2) is 60.0 Å². The Morgan fingerprint density at radius 2 is 1.70 bits per heavy atom. The molecule has 0 saturated carbocycles. The average molecular weight is 424 g/mol. The molecule has 158 valence electrons. The summed E-state index contributed by atoms with van der Waals surface area (Å²) in [6.07, 6.45) is 0.893. The summed E-state index contributed by atoms with van der Waals surface area (Å²) in [6, 6.07) is 17.3. The highest BCUT2D eigenvalue weighted by Gasteiger charge is 2.21. The van der Waals surface area contributed by atoms with Gasteiger partial charge in [-0.1, -0.05) is 44.2 Å². The Kier molecular flexibility index (Phi) is 7.99. The van der Waals surface area contributed by atoms with Gasteiger partial charge < -0.3 is 9.64 Å². The van der Waals surface area contributed by atoms with E-state index in [4.69, 9.17) is 9.72 Å². The van der Waals surface area contributed by atoms with Gasteiger partial charge in [-0.2, -0.15) is 0 Å². The molecule has 2 aromatic carbocycles. The number of carbonyl (C=O) groups is 1. The fourth-order valence-electron chi connectivity index (χ4n) is 3.30. The van der Waals surface area contributed by atoms with E-state index in [1.807, 2.05) is 64.9 Å². The van der Waals surface area contributed by atoms with Crippen LogP contribution in [0.4, 0.5) is 5.13 Å². The van der Waals surface area contributed by atoms with Crippen LogP contribution in [0, 0.1) is 0 Å². The lowest BCUT2D eigenvalue weighted by molar-refractivity contribution is 0.0985. The van der Waals surface area contributed by atoms with Crippen molar-refractivity contribution in [3.63, 3.8) is 0 Å². The molecule has 0 atom stereocenters. The first-order valence-corrected chi connectivity index (χ1v) is 11.2. The number of hydrogen-bond acceptors (Lipinski definition) is 5. The van der Waals surface area contributed by atoms with Crippen LogP contribution in [0.2, 0.25) is 0 Å². The van der Waals surface area contributed by atoms with E-state index in [2.05, 4.69) is 18.7 Å². The third-order valence-electron chi connectivity index (χ3n) is 5.13. The lowest BCUT2D eigenvalue weighted by Crippen LogP contribution is -2.34. The summed E-state index contributed by atoms with van der Waals surface area (Å²) >= 11 is 1.51. The number of anilines is 1. The molecule has 1 amide bonds. The zero-order valence-electron chi connectivity index (χ0n) is 17.9. The SMILES string of the molecule is CCN(CC)CCCN(C(=O)c1ccc(OC)cc1)c1nc(-c2ccccc2)cs1. The Labute approximate surface area is 182 Å². The molecule has 0 N–H and O–H groups in total. The molecule has 0 aliphatic heterocycles. The lowest BCUT2D eigenvalue weighted by atomic mass is 10.2. The van der Waals surface area contributed by atoms with E-state index in [0.29, 0.717) is 12.1 Å². The van der Waals surface area contributed by atoms with Crippen LogP contribution in [0.5, 0.6) is 5.75 Å². The minimum absolute atomic E-state index is 0.0360. The Hall–Kier alpha value is -2.70. The van der Waals surface area contributed by atoms with E-state index in [9.17, 15) is 4.79 Å². The predicted molar refractivity (Wildman–Crippen MR) is 125 cm³/mol. The molecule has 30 heavy (non-hydrogen) atoms. The minimum atomic E-state index is -0.0360. The number of carbonyl (C=O) groups excluding carboxylic acids is 1. The van der Waals surface area contributed by atoms with Crippen LogP contribution in [0.1, 0.15) is 30.6 Å². The maximum Gasteiger partial charge on any atom is 0.260 e. The number of ether oxygens (including phenoxy) is 1. The van der Waals surface area contributed by atoms with Gasteiger partial charge in [0, 0.05) is 23.1 Å². The van der Waals surface area contributed by atoms with Crippen molar-refractivity contribution in [1.82, 2.24) is 9.88 Å². The summed E-state index contributed by atoms with van der Waals surface area (Å²) in [5.74, 6) is 0.700. The minimum Gasteiger partial charge on any atom is -0.497 e. The van der Waals surface area contributed by atoms with Crippen molar-refractivity contribution in [3.8, 4) is 17.0 Å². The first-order valence-electron chi connectivity index (χ1n) is 10.4. The largest absolute Gasteiger partial charge is 0.497 e. The summed E-state index contributed by atoms with van der Waals surface area (Å²) in [6.45, 7) is 7.93. The van der Waals surface area contributed by atoms with Crippen LogP contribution >= 0.6 is 11.3 Å². The van der Waals surface area contributed by atoms with Gasteiger partial charge in [-0.3, -0.25) is 9.69 Å². The summed E-state index contributed by atoms with van der Waals surface area (Å²) in [7, 11) is 1.62. The van der Waals surface area contributed by atoms with Gasteiger partial charge in [0.15, 0.2) is 5.13 Å². The molecule has 0 aliphatic carbocycles. The summed E-state index contributed by atoms with van der Waals surface area (Å²) in [5.41, 5.74) is 2.59. The molecule has 0 fully saturated rings. The quantitative estimate of drug-likeness (QED) is 0.450. The molecule has 0 aliphatic rings. The van der Waals surface area contributed by atoms with Gasteiger partial charge in [0.25, 0.3) is 5.91 Å². The van der Waals surface area contributed by atoms with Crippen molar-refractivity contribution in [3.05, 3.63) is 65.5 Å². The van der Waals surface area contributed by atoms with Gasteiger partial charge in [-0.15, -0.1) is 11.3 Å². The van der Waals surface area contributed by atoms with Crippen molar-refractivity contribution in [2.45, 2.75) is 20.3 Å². The molecule has 3 rings (SSSR count). The van der Waals surface area contributed by atoms with Gasteiger partial charge in [0.2, 0.25) is 0 Å². The van der Waals surface area contributed by atoms with E-state index in [1.54, 1.807) is 7.11 Å². The zero-order chi connectivity index (χ0) is 21.3. The average Bonchev–Trinajstić information content (AvgIpc) is 3.29. The molecule has 1 aromatic heterocycles. The predicted octanol–water partition coefficient (Wildman–Crippen LogP) is 5.20. The second kappa shape index (κ2) is 10.9. The van der Waals surface area contributed by atoms with E-state index in [0.717, 1.165) is 48.2 Å². The number of thiazole rings is 1. The van der Waals surface area contributed by atoms with Crippen molar-refractivity contribution >= 4 is 22.4 Å². The maximum absolute atomic E-state index is 13.3. The standard InChI is InChI=1S/C24H29N3O2S/c1-4-26(5-2)16-9-17-27(23(28)20-12-14-21(29-3)15-13-20)24-25-22(18-30-24)19-10-7-6-8-11-19/h6-8,10-15,18H,4-5,9,16-17H2,1-3H3. The molecule has 0 bridgehead atoms. The monoisotopic (exact) mass is 423 g/mol. The topological polar surface area (TPSA) is 45.7 Å². The van der Waals surface area contributed by atoms with E-state index < -0.39 is 0 Å². The normalized spacial score (nSPS) is 10.9. The molecular formula is C24H29N3O2S. The second-order valence-corrected chi connectivity index (χ2v) is 7.78. The lowest BCUT2D eigenvalue weighted by Gasteiger charge is -2.23. The van der Waals surface area contributed by atoms with Crippen LogP contribution in [0.3, 0.4) is 0 Å². The summed E-state index contributed by atoms with van der Waals surface area (Å²) in [4.78, 5) is 22.3. The number of nitrogens with zero attached hydrogens (tertiary/aromatic N) is 3. The Bertz CT molecular complexity index is 921. The van der Waals surface area contributed by atoms with Crippen molar-refractivity contribution in [2.75, 3.05) is 38.2 Å². The molecule has 3 aromatic rings. The smallest absolute Gasteiger partial charge is 0.260 e. The Morgan fingerprint density at radius 1 is 1.00 bits per heavy atom. The van der Waals surface area contributed by atoms with Gasteiger partial charge in [-0.25, -0.2) is 4.98 Å². The highest BCUT2D eigenvalue weighted by atomic mass is 32.1. The fourth-order valence-corrected chi connectivity index (χ4v) is 4.15. The molecule has 1 heterocycles. The number of methoxy groups -OCH3 is 1. The second-order valence-electron chi connectivity index (χ2n) is 6.95. The summed E-state index contributed by atoms with van der Waals surface area (Å²) in [5, 5.41) is 2.75. The van der Waals surface area contributed by atoms with E-state index in [-0.39, 0.29) is 5.91 Å². The molecule has 6 heteroatoms. The van der Waals surface area contributed by atoms with Crippen molar-refractivity contribution in [1.29, 1.82) is 0 Å². The number of amides is 1. The molecule has 0 saturated heterocycles. The fraction of sp³-hybridized carbons (Fsp3) is 0.333. The Balaban J connectivity index is 1.83. The van der Waals surface area contributed by atoms with Gasteiger partial charge in [0.1, 0.15) is 5.75 Å². The van der Waals surface area contributed by atoms with Crippen LogP contribution < -0.4 is 9.64 Å². The third kappa shape index (κ3) is 5.46. The van der Waals surface area contributed by atoms with Gasteiger partial charge >= 0.3 is 0 Å². The third-order valence-corrected chi connectivity index (χ3v) is 5.99. The molecule has 0 spiro atoms. The first kappa shape index (κ1) is 22.0. The number of aromatic nitrogens is 1.